The van der Waals surface area contributed by atoms with Crippen molar-refractivity contribution in [2.24, 2.45) is 4.99 Å². The molecule has 7 heteroatoms. The molecule has 3 rings (SSSR count). The van der Waals surface area contributed by atoms with Gasteiger partial charge in [-0.3, -0.25) is 4.79 Å². The average molecular weight is 348 g/mol. The van der Waals surface area contributed by atoms with Gasteiger partial charge in [0.15, 0.2) is 5.58 Å². The molecule has 0 atom stereocenters. The van der Waals surface area contributed by atoms with Crippen LogP contribution in [0.4, 0.5) is 0 Å². The monoisotopic (exact) mass is 347 g/mol. The van der Waals surface area contributed by atoms with Gasteiger partial charge in [0.1, 0.15) is 11.6 Å². The molecule has 0 bridgehead atoms. The first-order chi connectivity index (χ1) is 11.1. The SMILES string of the molecule is O=C(CCl)N=Cc1ccc(-c2cc(O)cc3sc(=O)oc23)cc1. The largest absolute Gasteiger partial charge is 0.508 e. The second-order valence-electron chi connectivity index (χ2n) is 4.68. The van der Waals surface area contributed by atoms with Gasteiger partial charge in [0.25, 0.3) is 5.91 Å². The van der Waals surface area contributed by atoms with E-state index in [0.29, 0.717) is 15.8 Å². The van der Waals surface area contributed by atoms with Crippen LogP contribution in [0.1, 0.15) is 5.56 Å². The normalized spacial score (nSPS) is 11.3. The summed E-state index contributed by atoms with van der Waals surface area (Å²) in [6.07, 6.45) is 1.43. The summed E-state index contributed by atoms with van der Waals surface area (Å²) in [5, 5.41) is 9.80. The third-order valence-electron chi connectivity index (χ3n) is 3.11. The van der Waals surface area contributed by atoms with Gasteiger partial charge < -0.3 is 9.52 Å². The number of halogens is 1. The highest BCUT2D eigenvalue weighted by atomic mass is 35.5. The molecule has 116 valence electrons. The first-order valence-corrected chi connectivity index (χ1v) is 7.92. The molecule has 0 saturated carbocycles. The van der Waals surface area contributed by atoms with E-state index in [2.05, 4.69) is 4.99 Å². The predicted octanol–water partition coefficient (Wildman–Crippen LogP) is 3.41. The number of amides is 1. The number of rotatable bonds is 3. The van der Waals surface area contributed by atoms with Crippen LogP contribution < -0.4 is 4.94 Å². The van der Waals surface area contributed by atoms with E-state index in [9.17, 15) is 14.7 Å². The van der Waals surface area contributed by atoms with Crippen LogP contribution in [0.25, 0.3) is 21.4 Å². The fourth-order valence-electron chi connectivity index (χ4n) is 2.11. The molecule has 0 radical (unpaired) electrons. The molecule has 0 aliphatic carbocycles. The molecular formula is C16H10ClNO4S. The molecule has 0 aliphatic rings. The topological polar surface area (TPSA) is 79.9 Å². The maximum absolute atomic E-state index is 11.4. The second-order valence-corrected chi connectivity index (χ2v) is 5.93. The van der Waals surface area contributed by atoms with E-state index in [1.165, 1.54) is 18.3 Å². The number of phenolic OH excluding ortho intramolecular Hbond substituents is 1. The Morgan fingerprint density at radius 3 is 2.74 bits per heavy atom. The second kappa shape index (κ2) is 6.36. The van der Waals surface area contributed by atoms with Crippen molar-refractivity contribution >= 4 is 45.3 Å². The molecular weight excluding hydrogens is 338 g/mol. The molecule has 23 heavy (non-hydrogen) atoms. The van der Waals surface area contributed by atoms with E-state index in [0.717, 1.165) is 22.5 Å². The minimum absolute atomic E-state index is 0.0582. The van der Waals surface area contributed by atoms with Gasteiger partial charge in [0, 0.05) is 17.8 Å². The predicted molar refractivity (Wildman–Crippen MR) is 90.8 cm³/mol. The summed E-state index contributed by atoms with van der Waals surface area (Å²) in [6.45, 7) is 0. The Labute approximate surface area is 139 Å². The van der Waals surface area contributed by atoms with Crippen LogP contribution in [-0.4, -0.2) is 23.1 Å². The lowest BCUT2D eigenvalue weighted by molar-refractivity contribution is -0.115. The molecule has 1 N–H and O–H groups in total. The first kappa shape index (κ1) is 15.5. The molecule has 0 aliphatic heterocycles. The summed E-state index contributed by atoms with van der Waals surface area (Å²) >= 11 is 6.31. The van der Waals surface area contributed by atoms with Crippen LogP contribution >= 0.6 is 22.9 Å². The molecule has 1 aromatic heterocycles. The summed E-state index contributed by atoms with van der Waals surface area (Å²) < 4.78 is 5.78. The highest BCUT2D eigenvalue weighted by Gasteiger charge is 2.11. The lowest BCUT2D eigenvalue weighted by Gasteiger charge is -2.04. The molecule has 0 saturated heterocycles. The number of benzene rings is 2. The van der Waals surface area contributed by atoms with E-state index in [-0.39, 0.29) is 11.6 Å². The van der Waals surface area contributed by atoms with E-state index in [1.54, 1.807) is 24.3 Å². The van der Waals surface area contributed by atoms with Crippen molar-refractivity contribution in [2.75, 3.05) is 5.88 Å². The van der Waals surface area contributed by atoms with Crippen LogP contribution in [0.2, 0.25) is 0 Å². The summed E-state index contributed by atoms with van der Waals surface area (Å²) in [4.78, 5) is 25.8. The smallest absolute Gasteiger partial charge is 0.396 e. The fourth-order valence-corrected chi connectivity index (χ4v) is 2.90. The maximum atomic E-state index is 11.4. The number of hydrogen-bond donors (Lipinski definition) is 1. The van der Waals surface area contributed by atoms with Crippen molar-refractivity contribution in [3.8, 4) is 16.9 Å². The van der Waals surface area contributed by atoms with Crippen molar-refractivity contribution in [2.45, 2.75) is 0 Å². The third-order valence-corrected chi connectivity index (χ3v) is 4.11. The summed E-state index contributed by atoms with van der Waals surface area (Å²) in [7, 11) is 0. The number of phenols is 1. The molecule has 5 nitrogen and oxygen atoms in total. The molecule has 2 aromatic carbocycles. The summed E-state index contributed by atoms with van der Waals surface area (Å²) in [5.41, 5.74) is 2.57. The fraction of sp³-hybridized carbons (Fsp3) is 0.0625. The third kappa shape index (κ3) is 3.33. The Morgan fingerprint density at radius 2 is 2.04 bits per heavy atom. The zero-order chi connectivity index (χ0) is 16.4. The lowest BCUT2D eigenvalue weighted by atomic mass is 10.0. The van der Waals surface area contributed by atoms with Gasteiger partial charge in [-0.25, -0.2) is 9.79 Å². The average Bonchev–Trinajstić information content (AvgIpc) is 2.92. The van der Waals surface area contributed by atoms with E-state index < -0.39 is 10.8 Å². The van der Waals surface area contributed by atoms with Crippen molar-refractivity contribution in [1.82, 2.24) is 0 Å². The molecule has 0 fully saturated rings. The Morgan fingerprint density at radius 1 is 1.30 bits per heavy atom. The number of carbonyl (C=O) groups excluding carboxylic acids is 1. The number of hydrogen-bond acceptors (Lipinski definition) is 5. The van der Waals surface area contributed by atoms with Gasteiger partial charge in [-0.05, 0) is 17.2 Å². The number of carbonyl (C=O) groups is 1. The Bertz CT molecular complexity index is 956. The van der Waals surface area contributed by atoms with Gasteiger partial charge in [0.2, 0.25) is 0 Å². The van der Waals surface area contributed by atoms with Crippen molar-refractivity contribution < 1.29 is 14.3 Å². The van der Waals surface area contributed by atoms with Gasteiger partial charge in [-0.1, -0.05) is 35.6 Å². The van der Waals surface area contributed by atoms with Gasteiger partial charge in [0.05, 0.1) is 4.70 Å². The molecule has 0 unspecified atom stereocenters. The van der Waals surface area contributed by atoms with Gasteiger partial charge in [-0.15, -0.1) is 11.6 Å². The van der Waals surface area contributed by atoms with Crippen molar-refractivity contribution in [3.63, 3.8) is 0 Å². The van der Waals surface area contributed by atoms with Crippen LogP contribution in [0, 0.1) is 0 Å². The summed E-state index contributed by atoms with van der Waals surface area (Å²) in [5.74, 6) is -0.513. The number of nitrogens with zero attached hydrogens (tertiary/aromatic N) is 1. The molecule has 1 heterocycles. The zero-order valence-corrected chi connectivity index (χ0v) is 13.2. The molecule has 1 amide bonds. The van der Waals surface area contributed by atoms with Crippen molar-refractivity contribution in [1.29, 1.82) is 0 Å². The Hall–Kier alpha value is -2.44. The minimum Gasteiger partial charge on any atom is -0.508 e. The Balaban J connectivity index is 2.01. The molecule has 3 aromatic rings. The maximum Gasteiger partial charge on any atom is 0.396 e. The van der Waals surface area contributed by atoms with E-state index in [4.69, 9.17) is 16.0 Å². The standard InChI is InChI=1S/C16H10ClNO4S/c17-7-14(20)18-8-9-1-3-10(4-2-9)12-5-11(19)6-13-15(12)22-16(21)23-13/h1-6,8,19H,7H2. The highest BCUT2D eigenvalue weighted by molar-refractivity contribution is 7.16. The highest BCUT2D eigenvalue weighted by Crippen LogP contribution is 2.33. The van der Waals surface area contributed by atoms with Crippen LogP contribution in [0.3, 0.4) is 0 Å². The Kier molecular flexibility index (Phi) is 4.27. The molecule has 0 spiro atoms. The number of aromatic hydroxyl groups is 1. The number of alkyl halides is 1. The number of aliphatic imine (C=N–C) groups is 1. The van der Waals surface area contributed by atoms with Gasteiger partial charge >= 0.3 is 4.94 Å². The quantitative estimate of drug-likeness (QED) is 0.581. The van der Waals surface area contributed by atoms with Crippen LogP contribution in [0.5, 0.6) is 5.75 Å². The zero-order valence-electron chi connectivity index (χ0n) is 11.7. The van der Waals surface area contributed by atoms with Crippen LogP contribution in [0.15, 0.2) is 50.6 Å². The van der Waals surface area contributed by atoms with Crippen LogP contribution in [-0.2, 0) is 4.79 Å². The minimum atomic E-state index is -0.421. The van der Waals surface area contributed by atoms with E-state index in [1.807, 2.05) is 0 Å². The van der Waals surface area contributed by atoms with Gasteiger partial charge in [-0.2, -0.15) is 0 Å². The van der Waals surface area contributed by atoms with Crippen molar-refractivity contribution in [3.05, 3.63) is 51.7 Å². The summed E-state index contributed by atoms with van der Waals surface area (Å²) in [6, 6.07) is 10.1. The number of fused-ring (bicyclic) bond motifs is 1. The van der Waals surface area contributed by atoms with E-state index >= 15 is 0 Å². The first-order valence-electron chi connectivity index (χ1n) is 6.57. The lowest BCUT2D eigenvalue weighted by Crippen LogP contribution is -1.94.